The van der Waals surface area contributed by atoms with Crippen LogP contribution in [0, 0.1) is 10.1 Å². The average Bonchev–Trinajstić information content (AvgIpc) is 2.45. The summed E-state index contributed by atoms with van der Waals surface area (Å²) in [6, 6.07) is 13.4. The summed E-state index contributed by atoms with van der Waals surface area (Å²) in [6.07, 6.45) is 0. The van der Waals surface area contributed by atoms with Crippen molar-refractivity contribution in [2.75, 3.05) is 0 Å². The van der Waals surface area contributed by atoms with Crippen molar-refractivity contribution < 1.29 is 14.5 Å². The summed E-state index contributed by atoms with van der Waals surface area (Å²) >= 11 is 2.76. The molecule has 0 aliphatic heterocycles. The van der Waals surface area contributed by atoms with Gasteiger partial charge in [0.25, 0.3) is 0 Å². The van der Waals surface area contributed by atoms with Crippen LogP contribution in [0.3, 0.4) is 0 Å². The lowest BCUT2D eigenvalue weighted by atomic mass is 10.2. The Morgan fingerprint density at radius 3 is 2.50 bits per heavy atom. The number of hydrogen-bond acceptors (Lipinski definition) is 4. The standard InChI is InChI=1S/C14H10BrNO4/c15-14(17)11-6-7-13(12(8-11)16(18)19)20-9-10-4-2-1-3-5-10/h1-8H,9H2. The van der Waals surface area contributed by atoms with Crippen LogP contribution < -0.4 is 4.74 Å². The molecule has 6 heteroatoms. The Labute approximate surface area is 123 Å². The topological polar surface area (TPSA) is 69.4 Å². The number of nitro benzene ring substituents is 1. The third-order valence-electron chi connectivity index (χ3n) is 2.62. The van der Waals surface area contributed by atoms with Gasteiger partial charge in [0.1, 0.15) is 6.61 Å². The van der Waals surface area contributed by atoms with Gasteiger partial charge in [-0.25, -0.2) is 0 Å². The van der Waals surface area contributed by atoms with Crippen LogP contribution >= 0.6 is 15.9 Å². The van der Waals surface area contributed by atoms with Gasteiger partial charge in [0.2, 0.25) is 4.69 Å². The molecule has 0 bridgehead atoms. The van der Waals surface area contributed by atoms with E-state index in [-0.39, 0.29) is 23.6 Å². The summed E-state index contributed by atoms with van der Waals surface area (Å²) in [5, 5.41) is 11.0. The largest absolute Gasteiger partial charge is 0.482 e. The quantitative estimate of drug-likeness (QED) is 0.474. The van der Waals surface area contributed by atoms with E-state index in [1.165, 1.54) is 18.2 Å². The minimum Gasteiger partial charge on any atom is -0.482 e. The highest BCUT2D eigenvalue weighted by atomic mass is 79.9. The maximum atomic E-state index is 11.2. The van der Waals surface area contributed by atoms with Crippen molar-refractivity contribution in [2.24, 2.45) is 0 Å². The number of ether oxygens (including phenoxy) is 1. The van der Waals surface area contributed by atoms with Crippen molar-refractivity contribution >= 4 is 26.3 Å². The Bertz CT molecular complexity index is 643. The molecule has 102 valence electrons. The molecule has 0 unspecified atom stereocenters. The number of nitro groups is 1. The molecule has 5 nitrogen and oxygen atoms in total. The zero-order valence-electron chi connectivity index (χ0n) is 10.3. The van der Waals surface area contributed by atoms with Crippen molar-refractivity contribution in [1.29, 1.82) is 0 Å². The number of carbonyl (C=O) groups is 1. The van der Waals surface area contributed by atoms with E-state index in [4.69, 9.17) is 4.74 Å². The molecule has 0 saturated heterocycles. The van der Waals surface area contributed by atoms with Crippen LogP contribution in [0.4, 0.5) is 5.69 Å². The number of halogens is 1. The molecule has 0 N–H and O–H groups in total. The first-order chi connectivity index (χ1) is 9.58. The normalized spacial score (nSPS) is 10.1. The van der Waals surface area contributed by atoms with Gasteiger partial charge in [-0.3, -0.25) is 14.9 Å². The number of nitrogens with zero attached hydrogens (tertiary/aromatic N) is 1. The van der Waals surface area contributed by atoms with Crippen molar-refractivity contribution in [1.82, 2.24) is 0 Å². The van der Waals surface area contributed by atoms with E-state index in [9.17, 15) is 14.9 Å². The summed E-state index contributed by atoms with van der Waals surface area (Å²) in [4.78, 5) is 21.6. The van der Waals surface area contributed by atoms with E-state index < -0.39 is 9.62 Å². The van der Waals surface area contributed by atoms with Crippen LogP contribution in [-0.4, -0.2) is 9.62 Å². The lowest BCUT2D eigenvalue weighted by Gasteiger charge is -2.07. The fraction of sp³-hybridized carbons (Fsp3) is 0.0714. The van der Waals surface area contributed by atoms with Gasteiger partial charge in [0.15, 0.2) is 5.75 Å². The lowest BCUT2D eigenvalue weighted by molar-refractivity contribution is -0.386. The predicted octanol–water partition coefficient (Wildman–Crippen LogP) is 3.71. The van der Waals surface area contributed by atoms with Gasteiger partial charge in [-0.1, -0.05) is 30.3 Å². The van der Waals surface area contributed by atoms with E-state index in [0.29, 0.717) is 0 Å². The molecular formula is C14H10BrNO4. The smallest absolute Gasteiger partial charge is 0.311 e. The lowest BCUT2D eigenvalue weighted by Crippen LogP contribution is -2.00. The van der Waals surface area contributed by atoms with Crippen LogP contribution in [-0.2, 0) is 6.61 Å². The third kappa shape index (κ3) is 3.42. The molecule has 0 spiro atoms. The molecule has 0 radical (unpaired) electrons. The first kappa shape index (κ1) is 14.2. The monoisotopic (exact) mass is 335 g/mol. The Morgan fingerprint density at radius 2 is 1.90 bits per heavy atom. The minimum atomic E-state index is -0.570. The predicted molar refractivity (Wildman–Crippen MR) is 77.1 cm³/mol. The Kier molecular flexibility index (Phi) is 4.47. The van der Waals surface area contributed by atoms with Crippen LogP contribution in [0.2, 0.25) is 0 Å². The van der Waals surface area contributed by atoms with Gasteiger partial charge in [-0.2, -0.15) is 0 Å². The summed E-state index contributed by atoms with van der Waals surface area (Å²) in [5.41, 5.74) is 0.887. The molecule has 2 aromatic carbocycles. The van der Waals surface area contributed by atoms with Gasteiger partial charge in [0.05, 0.1) is 4.92 Å². The second-order valence-electron chi connectivity index (χ2n) is 3.99. The molecule has 0 atom stereocenters. The Balaban J connectivity index is 2.23. The van der Waals surface area contributed by atoms with Crippen molar-refractivity contribution in [3.05, 3.63) is 69.8 Å². The molecule has 0 saturated carbocycles. The van der Waals surface area contributed by atoms with E-state index in [1.54, 1.807) is 0 Å². The zero-order valence-corrected chi connectivity index (χ0v) is 11.9. The van der Waals surface area contributed by atoms with E-state index in [0.717, 1.165) is 5.56 Å². The summed E-state index contributed by atoms with van der Waals surface area (Å²) in [5.74, 6) is 0.136. The Hall–Kier alpha value is -2.21. The molecule has 0 fully saturated rings. The minimum absolute atomic E-state index is 0.136. The fourth-order valence-electron chi connectivity index (χ4n) is 1.64. The Morgan fingerprint density at radius 1 is 1.20 bits per heavy atom. The van der Waals surface area contributed by atoms with Crippen LogP contribution in [0.25, 0.3) is 0 Å². The van der Waals surface area contributed by atoms with Crippen molar-refractivity contribution in [3.8, 4) is 5.75 Å². The van der Waals surface area contributed by atoms with E-state index >= 15 is 0 Å². The summed E-state index contributed by atoms with van der Waals surface area (Å²) in [7, 11) is 0. The number of rotatable bonds is 5. The first-order valence-corrected chi connectivity index (χ1v) is 6.52. The second kappa shape index (κ2) is 6.29. The highest BCUT2D eigenvalue weighted by Crippen LogP contribution is 2.29. The zero-order chi connectivity index (χ0) is 14.5. The summed E-state index contributed by atoms with van der Waals surface area (Å²) in [6.45, 7) is 0.225. The van der Waals surface area contributed by atoms with Crippen LogP contribution in [0.15, 0.2) is 48.5 Å². The maximum Gasteiger partial charge on any atom is 0.311 e. The second-order valence-corrected chi connectivity index (χ2v) is 4.71. The molecule has 0 aliphatic rings. The van der Waals surface area contributed by atoms with Crippen LogP contribution in [0.5, 0.6) is 5.75 Å². The molecule has 2 rings (SSSR count). The van der Waals surface area contributed by atoms with Crippen molar-refractivity contribution in [3.63, 3.8) is 0 Å². The molecular weight excluding hydrogens is 326 g/mol. The number of benzene rings is 2. The molecule has 2 aromatic rings. The summed E-state index contributed by atoms with van der Waals surface area (Å²) < 4.78 is 5.04. The van der Waals surface area contributed by atoms with E-state index in [1.807, 2.05) is 30.3 Å². The van der Waals surface area contributed by atoms with Gasteiger partial charge in [-0.05, 0) is 33.6 Å². The van der Waals surface area contributed by atoms with Gasteiger partial charge in [-0.15, -0.1) is 0 Å². The number of carbonyl (C=O) groups excluding carboxylic acids is 1. The first-order valence-electron chi connectivity index (χ1n) is 5.73. The van der Waals surface area contributed by atoms with Gasteiger partial charge in [0, 0.05) is 11.6 Å². The fourth-order valence-corrected chi connectivity index (χ4v) is 1.89. The SMILES string of the molecule is O=C(Br)c1ccc(OCc2ccccc2)c([N+](=O)[O-])c1. The molecule has 0 aliphatic carbocycles. The maximum absolute atomic E-state index is 11.2. The van der Waals surface area contributed by atoms with E-state index in [2.05, 4.69) is 15.9 Å². The molecule has 0 heterocycles. The molecule has 0 amide bonds. The highest BCUT2D eigenvalue weighted by molar-refractivity contribution is 9.18. The average molecular weight is 336 g/mol. The van der Waals surface area contributed by atoms with Gasteiger partial charge >= 0.3 is 5.69 Å². The highest BCUT2D eigenvalue weighted by Gasteiger charge is 2.17. The molecule has 20 heavy (non-hydrogen) atoms. The molecule has 0 aromatic heterocycles. The van der Waals surface area contributed by atoms with Crippen molar-refractivity contribution in [2.45, 2.75) is 6.61 Å². The van der Waals surface area contributed by atoms with Crippen LogP contribution in [0.1, 0.15) is 15.9 Å². The third-order valence-corrected chi connectivity index (χ3v) is 3.08. The number of hydrogen-bond donors (Lipinski definition) is 0. The van der Waals surface area contributed by atoms with Gasteiger partial charge < -0.3 is 4.74 Å².